The fourth-order valence-electron chi connectivity index (χ4n) is 2.87. The van der Waals surface area contributed by atoms with E-state index in [1.807, 2.05) is 0 Å². The number of carboxylic acids is 1. The first-order valence-corrected chi connectivity index (χ1v) is 7.81. The molecule has 0 radical (unpaired) electrons. The second-order valence-electron chi connectivity index (χ2n) is 5.55. The van der Waals surface area contributed by atoms with E-state index in [-0.39, 0.29) is 35.4 Å². The Kier molecular flexibility index (Phi) is 5.77. The minimum atomic E-state index is -0.866. The zero-order valence-electron chi connectivity index (χ0n) is 12.2. The van der Waals surface area contributed by atoms with Crippen molar-refractivity contribution in [2.45, 2.75) is 44.6 Å². The van der Waals surface area contributed by atoms with Crippen molar-refractivity contribution in [3.05, 3.63) is 34.6 Å². The summed E-state index contributed by atoms with van der Waals surface area (Å²) in [5.74, 6) is -1.54. The molecule has 1 N–H and O–H groups in total. The summed E-state index contributed by atoms with van der Waals surface area (Å²) in [6, 6.07) is 4.27. The van der Waals surface area contributed by atoms with Gasteiger partial charge in [0.05, 0.1) is 6.42 Å². The first kappa shape index (κ1) is 16.7. The molecule has 1 aromatic rings. The van der Waals surface area contributed by atoms with E-state index in [2.05, 4.69) is 0 Å². The Bertz CT molecular complexity index is 544. The van der Waals surface area contributed by atoms with Crippen LogP contribution in [0, 0.1) is 5.82 Å². The lowest BCUT2D eigenvalue weighted by atomic mass is 9.97. The maximum Gasteiger partial charge on any atom is 0.303 e. The Balaban J connectivity index is 2.07. The molecular formula is C16H19ClFNO3. The van der Waals surface area contributed by atoms with Crippen LogP contribution in [0.5, 0.6) is 0 Å². The molecule has 1 unspecified atom stereocenters. The first-order chi connectivity index (χ1) is 10.5. The topological polar surface area (TPSA) is 57.6 Å². The van der Waals surface area contributed by atoms with Gasteiger partial charge in [-0.15, -0.1) is 0 Å². The van der Waals surface area contributed by atoms with Gasteiger partial charge >= 0.3 is 5.97 Å². The van der Waals surface area contributed by atoms with Crippen molar-refractivity contribution >= 4 is 23.5 Å². The van der Waals surface area contributed by atoms with E-state index >= 15 is 0 Å². The van der Waals surface area contributed by atoms with Crippen molar-refractivity contribution in [3.63, 3.8) is 0 Å². The van der Waals surface area contributed by atoms with Crippen LogP contribution in [-0.2, 0) is 16.0 Å². The highest BCUT2D eigenvalue weighted by atomic mass is 35.5. The van der Waals surface area contributed by atoms with Crippen molar-refractivity contribution < 1.29 is 19.1 Å². The molecule has 1 atom stereocenters. The van der Waals surface area contributed by atoms with E-state index < -0.39 is 11.8 Å². The summed E-state index contributed by atoms with van der Waals surface area (Å²) in [5, 5.41) is 9.05. The van der Waals surface area contributed by atoms with E-state index in [1.165, 1.54) is 12.1 Å². The van der Waals surface area contributed by atoms with E-state index in [9.17, 15) is 14.0 Å². The van der Waals surface area contributed by atoms with Crippen LogP contribution >= 0.6 is 11.6 Å². The minimum absolute atomic E-state index is 0.0366. The van der Waals surface area contributed by atoms with E-state index in [1.54, 1.807) is 11.0 Å². The van der Waals surface area contributed by atoms with Gasteiger partial charge in [0.25, 0.3) is 0 Å². The highest BCUT2D eigenvalue weighted by molar-refractivity contribution is 6.31. The van der Waals surface area contributed by atoms with Crippen molar-refractivity contribution in [1.29, 1.82) is 0 Å². The molecule has 1 aromatic carbocycles. The monoisotopic (exact) mass is 327 g/mol. The van der Waals surface area contributed by atoms with Crippen LogP contribution in [0.15, 0.2) is 18.2 Å². The van der Waals surface area contributed by atoms with Crippen LogP contribution in [0.2, 0.25) is 5.02 Å². The number of amides is 1. The largest absolute Gasteiger partial charge is 0.481 e. The van der Waals surface area contributed by atoms with Gasteiger partial charge in [0.1, 0.15) is 5.82 Å². The zero-order chi connectivity index (χ0) is 16.1. The van der Waals surface area contributed by atoms with Crippen LogP contribution in [0.1, 0.15) is 37.7 Å². The standard InChI is InChI=1S/C16H19ClFNO3/c17-13-5-3-6-14(18)12(13)10-15(20)19-9-2-1-4-11(19)7-8-16(21)22/h3,5-6,11H,1-2,4,7-10H2,(H,21,22). The number of nitrogens with zero attached hydrogens (tertiary/aromatic N) is 1. The van der Waals surface area contributed by atoms with E-state index in [4.69, 9.17) is 16.7 Å². The number of hydrogen-bond acceptors (Lipinski definition) is 2. The molecule has 1 heterocycles. The predicted molar refractivity (Wildman–Crippen MR) is 81.3 cm³/mol. The van der Waals surface area contributed by atoms with Crippen molar-refractivity contribution in [2.75, 3.05) is 6.54 Å². The number of carbonyl (C=O) groups excluding carboxylic acids is 1. The number of hydrogen-bond donors (Lipinski definition) is 1. The average Bonchev–Trinajstić information content (AvgIpc) is 2.49. The van der Waals surface area contributed by atoms with Gasteiger partial charge in [-0.3, -0.25) is 9.59 Å². The van der Waals surface area contributed by atoms with E-state index in [0.29, 0.717) is 13.0 Å². The summed E-state index contributed by atoms with van der Waals surface area (Å²) in [4.78, 5) is 24.9. The van der Waals surface area contributed by atoms with E-state index in [0.717, 1.165) is 19.3 Å². The van der Waals surface area contributed by atoms with Gasteiger partial charge in [0.15, 0.2) is 0 Å². The van der Waals surface area contributed by atoms with Gasteiger partial charge in [-0.2, -0.15) is 0 Å². The summed E-state index contributed by atoms with van der Waals surface area (Å²) in [6.07, 6.45) is 3.05. The molecule has 0 aliphatic carbocycles. The van der Waals surface area contributed by atoms with Crippen LogP contribution in [0.4, 0.5) is 4.39 Å². The summed E-state index contributed by atoms with van der Waals surface area (Å²) in [6.45, 7) is 0.592. The molecule has 0 bridgehead atoms. The zero-order valence-corrected chi connectivity index (χ0v) is 13.0. The van der Waals surface area contributed by atoms with Crippen molar-refractivity contribution in [3.8, 4) is 0 Å². The third kappa shape index (κ3) is 4.19. The highest BCUT2D eigenvalue weighted by Gasteiger charge is 2.27. The molecule has 0 saturated carbocycles. The Morgan fingerprint density at radius 1 is 1.36 bits per heavy atom. The number of likely N-dealkylation sites (tertiary alicyclic amines) is 1. The fourth-order valence-corrected chi connectivity index (χ4v) is 3.10. The Hall–Kier alpha value is -1.62. The number of piperidine rings is 1. The number of carboxylic acid groups (broad SMARTS) is 1. The molecule has 1 amide bonds. The van der Waals surface area contributed by atoms with Gasteiger partial charge in [-0.05, 0) is 37.8 Å². The van der Waals surface area contributed by atoms with Crippen molar-refractivity contribution in [1.82, 2.24) is 4.90 Å². The molecule has 1 saturated heterocycles. The van der Waals surface area contributed by atoms with Crippen LogP contribution in [0.3, 0.4) is 0 Å². The van der Waals surface area contributed by atoms with Gasteiger partial charge in [0, 0.05) is 29.6 Å². The molecular weight excluding hydrogens is 309 g/mol. The summed E-state index contributed by atoms with van der Waals surface area (Å²) < 4.78 is 13.8. The smallest absolute Gasteiger partial charge is 0.303 e. The number of carbonyl (C=O) groups is 2. The summed E-state index contributed by atoms with van der Waals surface area (Å²) in [7, 11) is 0. The lowest BCUT2D eigenvalue weighted by molar-refractivity contribution is -0.139. The Labute approximate surface area is 133 Å². The van der Waals surface area contributed by atoms with Crippen LogP contribution in [-0.4, -0.2) is 34.5 Å². The number of rotatable bonds is 5. The second kappa shape index (κ2) is 7.58. The normalized spacial score (nSPS) is 18.3. The molecule has 0 spiro atoms. The Morgan fingerprint density at radius 2 is 2.14 bits per heavy atom. The maximum atomic E-state index is 13.8. The van der Waals surface area contributed by atoms with Crippen LogP contribution in [0.25, 0.3) is 0 Å². The highest BCUT2D eigenvalue weighted by Crippen LogP contribution is 2.24. The summed E-state index contributed by atoms with van der Waals surface area (Å²) >= 11 is 5.96. The lowest BCUT2D eigenvalue weighted by Crippen LogP contribution is -2.44. The fraction of sp³-hybridized carbons (Fsp3) is 0.500. The second-order valence-corrected chi connectivity index (χ2v) is 5.95. The SMILES string of the molecule is O=C(O)CCC1CCCCN1C(=O)Cc1c(F)cccc1Cl. The quantitative estimate of drug-likeness (QED) is 0.903. The minimum Gasteiger partial charge on any atom is -0.481 e. The molecule has 22 heavy (non-hydrogen) atoms. The molecule has 1 fully saturated rings. The van der Waals surface area contributed by atoms with Crippen LogP contribution < -0.4 is 0 Å². The maximum absolute atomic E-state index is 13.8. The third-order valence-corrected chi connectivity index (χ3v) is 4.38. The summed E-state index contributed by atoms with van der Waals surface area (Å²) in [5.41, 5.74) is 0.205. The van der Waals surface area contributed by atoms with Gasteiger partial charge in [-0.25, -0.2) is 4.39 Å². The van der Waals surface area contributed by atoms with Crippen molar-refractivity contribution in [2.24, 2.45) is 0 Å². The van der Waals surface area contributed by atoms with Gasteiger partial charge in [-0.1, -0.05) is 17.7 Å². The molecule has 120 valence electrons. The molecule has 1 aliphatic rings. The predicted octanol–water partition coefficient (Wildman–Crippen LogP) is 3.27. The molecule has 0 aromatic heterocycles. The van der Waals surface area contributed by atoms with Gasteiger partial charge < -0.3 is 10.0 Å². The molecule has 1 aliphatic heterocycles. The number of halogens is 2. The third-order valence-electron chi connectivity index (χ3n) is 4.03. The number of aliphatic carboxylic acids is 1. The number of benzene rings is 1. The molecule has 2 rings (SSSR count). The lowest BCUT2D eigenvalue weighted by Gasteiger charge is -2.36. The van der Waals surface area contributed by atoms with Gasteiger partial charge in [0.2, 0.25) is 5.91 Å². The first-order valence-electron chi connectivity index (χ1n) is 7.43. The molecule has 4 nitrogen and oxygen atoms in total. The molecule has 6 heteroatoms. The average molecular weight is 328 g/mol. The Morgan fingerprint density at radius 3 is 2.82 bits per heavy atom.